The molecule has 2 aliphatic rings. The highest BCUT2D eigenvalue weighted by molar-refractivity contribution is 6.00. The second-order valence-corrected chi connectivity index (χ2v) is 8.89. The number of aromatic nitrogens is 2. The van der Waals surface area contributed by atoms with Crippen molar-refractivity contribution in [2.24, 2.45) is 11.1 Å². The van der Waals surface area contributed by atoms with Crippen molar-refractivity contribution >= 4 is 17.4 Å². The Morgan fingerprint density at radius 3 is 2.80 bits per heavy atom. The number of aryl methyl sites for hydroxylation is 1. The fourth-order valence-electron chi connectivity index (χ4n) is 4.44. The highest BCUT2D eigenvalue weighted by Gasteiger charge is 2.36. The van der Waals surface area contributed by atoms with Crippen LogP contribution in [0.15, 0.2) is 12.1 Å². The molecule has 0 saturated carbocycles. The van der Waals surface area contributed by atoms with Crippen molar-refractivity contribution in [1.82, 2.24) is 9.78 Å². The number of anilines is 1. The molecule has 1 aromatic heterocycles. The van der Waals surface area contributed by atoms with Gasteiger partial charge in [0, 0.05) is 19.1 Å². The van der Waals surface area contributed by atoms with E-state index in [4.69, 9.17) is 10.5 Å². The van der Waals surface area contributed by atoms with Gasteiger partial charge in [-0.2, -0.15) is 5.10 Å². The number of nitrogens with two attached hydrogens (primary N) is 1. The van der Waals surface area contributed by atoms with E-state index in [2.05, 4.69) is 10.4 Å². The number of primary amides is 1. The van der Waals surface area contributed by atoms with Crippen molar-refractivity contribution in [2.75, 3.05) is 18.5 Å². The van der Waals surface area contributed by atoms with Crippen molar-refractivity contribution in [2.45, 2.75) is 52.5 Å². The number of ketones is 1. The number of halogens is 1. The summed E-state index contributed by atoms with van der Waals surface area (Å²) in [5, 5.41) is 7.84. The van der Waals surface area contributed by atoms with E-state index in [9.17, 15) is 14.0 Å². The van der Waals surface area contributed by atoms with E-state index < -0.39 is 11.7 Å². The number of carbonyl (C=O) groups excluding carboxylic acids is 2. The zero-order valence-electron chi connectivity index (χ0n) is 17.5. The lowest BCUT2D eigenvalue weighted by Gasteiger charge is -2.29. The number of amides is 1. The first-order valence-corrected chi connectivity index (χ1v) is 10.3. The zero-order chi connectivity index (χ0) is 21.6. The molecule has 0 bridgehead atoms. The molecule has 4 rings (SSSR count). The van der Waals surface area contributed by atoms with Crippen molar-refractivity contribution in [3.05, 3.63) is 40.5 Å². The fraction of sp³-hybridized carbons (Fsp3) is 0.500. The predicted octanol–water partition coefficient (Wildman–Crippen LogP) is 3.03. The molecule has 7 nitrogen and oxygen atoms in total. The number of carbonyl (C=O) groups is 2. The number of rotatable bonds is 5. The molecule has 1 unspecified atom stereocenters. The lowest BCUT2D eigenvalue weighted by molar-refractivity contribution is 0.0909. The summed E-state index contributed by atoms with van der Waals surface area (Å²) in [7, 11) is 0. The lowest BCUT2D eigenvalue weighted by atomic mass is 9.75. The van der Waals surface area contributed by atoms with Gasteiger partial charge in [0.05, 0.1) is 46.5 Å². The quantitative estimate of drug-likeness (QED) is 0.784. The number of benzene rings is 1. The maximum Gasteiger partial charge on any atom is 0.253 e. The number of hydrogen-bond acceptors (Lipinski definition) is 5. The van der Waals surface area contributed by atoms with E-state index in [0.717, 1.165) is 12.1 Å². The van der Waals surface area contributed by atoms with Crippen LogP contribution in [0.3, 0.4) is 0 Å². The Hall–Kier alpha value is -2.74. The Labute approximate surface area is 174 Å². The number of ether oxygens (including phenoxy) is 1. The van der Waals surface area contributed by atoms with Crippen LogP contribution in [0.2, 0.25) is 0 Å². The zero-order valence-corrected chi connectivity index (χ0v) is 17.5. The van der Waals surface area contributed by atoms with E-state index in [0.29, 0.717) is 55.1 Å². The van der Waals surface area contributed by atoms with Crippen molar-refractivity contribution in [3.8, 4) is 5.69 Å². The molecule has 1 aliphatic heterocycles. The van der Waals surface area contributed by atoms with Crippen LogP contribution in [0.5, 0.6) is 0 Å². The molecule has 2 aromatic rings. The summed E-state index contributed by atoms with van der Waals surface area (Å²) in [5.74, 6) is -1.49. The molecule has 30 heavy (non-hydrogen) atoms. The molecular weight excluding hydrogens is 387 g/mol. The highest BCUT2D eigenvalue weighted by Crippen LogP contribution is 2.38. The van der Waals surface area contributed by atoms with Crippen LogP contribution in [-0.2, 0) is 17.6 Å². The third kappa shape index (κ3) is 3.60. The average molecular weight is 414 g/mol. The van der Waals surface area contributed by atoms with Crippen LogP contribution in [0.25, 0.3) is 5.69 Å². The van der Waals surface area contributed by atoms with Crippen molar-refractivity contribution in [3.63, 3.8) is 0 Å². The van der Waals surface area contributed by atoms with E-state index in [1.807, 2.05) is 20.8 Å². The minimum atomic E-state index is -0.839. The maximum atomic E-state index is 15.0. The molecule has 1 aromatic carbocycles. The van der Waals surface area contributed by atoms with Gasteiger partial charge < -0.3 is 15.8 Å². The van der Waals surface area contributed by atoms with E-state index in [1.54, 1.807) is 10.7 Å². The van der Waals surface area contributed by atoms with Crippen LogP contribution >= 0.6 is 0 Å². The van der Waals surface area contributed by atoms with E-state index >= 15 is 0 Å². The van der Waals surface area contributed by atoms with Gasteiger partial charge >= 0.3 is 0 Å². The molecule has 160 valence electrons. The topological polar surface area (TPSA) is 99.2 Å². The van der Waals surface area contributed by atoms with Crippen LogP contribution in [0.1, 0.15) is 65.7 Å². The summed E-state index contributed by atoms with van der Waals surface area (Å²) in [6.45, 7) is 7.12. The first kappa shape index (κ1) is 20.5. The molecular formula is C22H27FN4O3. The minimum absolute atomic E-state index is 0.0315. The number of nitrogens with zero attached hydrogens (tertiary/aromatic N) is 2. The lowest BCUT2D eigenvalue weighted by Crippen LogP contribution is -2.28. The second-order valence-electron chi connectivity index (χ2n) is 8.89. The van der Waals surface area contributed by atoms with Gasteiger partial charge in [0.25, 0.3) is 5.91 Å². The van der Waals surface area contributed by atoms with Crippen LogP contribution in [0.4, 0.5) is 10.1 Å². The largest absolute Gasteiger partial charge is 0.379 e. The average Bonchev–Trinajstić information content (AvgIpc) is 3.27. The van der Waals surface area contributed by atoms with Gasteiger partial charge in [-0.3, -0.25) is 9.59 Å². The van der Waals surface area contributed by atoms with E-state index in [-0.39, 0.29) is 22.8 Å². The second kappa shape index (κ2) is 7.50. The van der Waals surface area contributed by atoms with Crippen molar-refractivity contribution in [1.29, 1.82) is 0 Å². The third-order valence-electron chi connectivity index (χ3n) is 5.81. The summed E-state index contributed by atoms with van der Waals surface area (Å²) >= 11 is 0. The number of hydrogen-bond donors (Lipinski definition) is 2. The van der Waals surface area contributed by atoms with Gasteiger partial charge in [-0.25, -0.2) is 9.07 Å². The molecule has 3 N–H and O–H groups in total. The Balaban J connectivity index is 1.86. The minimum Gasteiger partial charge on any atom is -0.379 e. The molecule has 1 aliphatic carbocycles. The molecule has 1 saturated heterocycles. The van der Waals surface area contributed by atoms with Gasteiger partial charge in [-0.15, -0.1) is 0 Å². The van der Waals surface area contributed by atoms with Gasteiger partial charge in [0.1, 0.15) is 5.82 Å². The van der Waals surface area contributed by atoms with Crippen LogP contribution < -0.4 is 11.1 Å². The van der Waals surface area contributed by atoms with Crippen LogP contribution in [-0.4, -0.2) is 40.7 Å². The van der Waals surface area contributed by atoms with Gasteiger partial charge in [0.2, 0.25) is 0 Å². The number of Topliss-reactive ketones (excluding diaryl/α,β-unsaturated/α-hetero) is 1. The van der Waals surface area contributed by atoms with E-state index in [1.165, 1.54) is 6.07 Å². The number of fused-ring (bicyclic) bond motifs is 1. The molecule has 1 amide bonds. The molecule has 8 heteroatoms. The fourth-order valence-corrected chi connectivity index (χ4v) is 4.44. The van der Waals surface area contributed by atoms with Gasteiger partial charge in [-0.1, -0.05) is 20.8 Å². The molecule has 1 fully saturated rings. The summed E-state index contributed by atoms with van der Waals surface area (Å²) in [4.78, 5) is 24.7. The Morgan fingerprint density at radius 1 is 1.40 bits per heavy atom. The SMILES string of the molecule is CCc1nn(-c2cc(F)c(C(N)=O)c(NC3CCOC3)c2)c2c1C(=O)CC(C)(C)C2. The Kier molecular flexibility index (Phi) is 5.13. The molecule has 2 heterocycles. The Bertz CT molecular complexity index is 1020. The highest BCUT2D eigenvalue weighted by atomic mass is 19.1. The number of nitrogens with one attached hydrogen (secondary N) is 1. The van der Waals surface area contributed by atoms with Gasteiger partial charge in [0.15, 0.2) is 5.78 Å². The van der Waals surface area contributed by atoms with Crippen molar-refractivity contribution < 1.29 is 18.7 Å². The normalized spacial score (nSPS) is 20.3. The standard InChI is InChI=1S/C22H27FN4O3/c1-4-15-20-17(9-22(2,3)10-18(20)28)27(26-15)13-7-14(23)19(21(24)29)16(8-13)25-12-5-6-30-11-12/h7-8,12,25H,4-6,9-11H2,1-3H3,(H2,24,29). The maximum absolute atomic E-state index is 15.0. The third-order valence-corrected chi connectivity index (χ3v) is 5.81. The summed E-state index contributed by atoms with van der Waals surface area (Å²) in [6, 6.07) is 2.91. The monoisotopic (exact) mass is 414 g/mol. The first-order chi connectivity index (χ1) is 14.2. The smallest absolute Gasteiger partial charge is 0.253 e. The first-order valence-electron chi connectivity index (χ1n) is 10.3. The summed E-state index contributed by atoms with van der Waals surface area (Å²) < 4.78 is 22.0. The summed E-state index contributed by atoms with van der Waals surface area (Å²) in [5.41, 5.74) is 7.98. The molecule has 1 atom stereocenters. The Morgan fingerprint density at radius 2 is 2.17 bits per heavy atom. The predicted molar refractivity (Wildman–Crippen MR) is 111 cm³/mol. The molecule has 0 radical (unpaired) electrons. The van der Waals surface area contributed by atoms with Crippen LogP contribution in [0, 0.1) is 11.2 Å². The van der Waals surface area contributed by atoms with Gasteiger partial charge in [-0.05, 0) is 30.7 Å². The summed E-state index contributed by atoms with van der Waals surface area (Å²) in [6.07, 6.45) is 2.47. The molecule has 0 spiro atoms.